The van der Waals surface area contributed by atoms with E-state index >= 15 is 0 Å². The fourth-order valence-corrected chi connectivity index (χ4v) is 5.07. The van der Waals surface area contributed by atoms with E-state index in [0.29, 0.717) is 47.2 Å². The minimum absolute atomic E-state index is 0.0966. The van der Waals surface area contributed by atoms with Crippen molar-refractivity contribution >= 4 is 39.4 Å². The first-order valence-corrected chi connectivity index (χ1v) is 12.0. The van der Waals surface area contributed by atoms with Gasteiger partial charge in [-0.3, -0.25) is 13.8 Å². The Morgan fingerprint density at radius 1 is 1.03 bits per heavy atom. The minimum Gasteiger partial charge on any atom is -0.423 e. The van der Waals surface area contributed by atoms with E-state index < -0.39 is 0 Å². The molecule has 0 radical (unpaired) electrons. The van der Waals surface area contributed by atoms with Crippen LogP contribution in [-0.2, 0) is 17.0 Å². The van der Waals surface area contributed by atoms with Crippen LogP contribution in [0, 0.1) is 13.8 Å². The van der Waals surface area contributed by atoms with Crippen LogP contribution in [0.5, 0.6) is 0 Å². The van der Waals surface area contributed by atoms with Crippen LogP contribution >= 0.6 is 11.8 Å². The third-order valence-corrected chi connectivity index (χ3v) is 6.99. The van der Waals surface area contributed by atoms with Crippen LogP contribution in [0.3, 0.4) is 0 Å². The fourth-order valence-electron chi connectivity index (χ4n) is 4.14. The van der Waals surface area contributed by atoms with Crippen LogP contribution in [-0.4, -0.2) is 32.9 Å². The van der Waals surface area contributed by atoms with Gasteiger partial charge in [-0.05, 0) is 61.2 Å². The summed E-state index contributed by atoms with van der Waals surface area (Å²) in [4.78, 5) is 25.4. The lowest BCUT2D eigenvalue weighted by atomic mass is 10.0. The summed E-state index contributed by atoms with van der Waals surface area (Å²) in [7, 11) is 1.64. The van der Waals surface area contributed by atoms with Crippen LogP contribution in [0.25, 0.3) is 27.6 Å². The molecule has 5 aromatic rings. The van der Waals surface area contributed by atoms with Crippen molar-refractivity contribution in [3.63, 3.8) is 0 Å². The predicted molar refractivity (Wildman–Crippen MR) is 133 cm³/mol. The van der Waals surface area contributed by atoms with Gasteiger partial charge in [0.1, 0.15) is 5.58 Å². The lowest BCUT2D eigenvalue weighted by molar-refractivity contribution is 0.190. The fraction of sp³-hybridized carbons (Fsp3) is 0.280. The maximum atomic E-state index is 13.2. The second-order valence-corrected chi connectivity index (χ2v) is 9.19. The van der Waals surface area contributed by atoms with Crippen LogP contribution in [0.4, 0.5) is 0 Å². The van der Waals surface area contributed by atoms with Crippen LogP contribution in [0.15, 0.2) is 61.6 Å². The van der Waals surface area contributed by atoms with E-state index in [4.69, 9.17) is 9.15 Å². The van der Waals surface area contributed by atoms with E-state index in [1.54, 1.807) is 11.7 Å². The quantitative estimate of drug-likeness (QED) is 0.198. The number of rotatable bonds is 7. The number of para-hydroxylation sites is 1. The van der Waals surface area contributed by atoms with Gasteiger partial charge in [-0.1, -0.05) is 23.9 Å². The summed E-state index contributed by atoms with van der Waals surface area (Å²) in [6, 6.07) is 13.0. The number of thioether (sulfide) groups is 1. The number of benzene rings is 2. The Morgan fingerprint density at radius 3 is 2.65 bits per heavy atom. The molecule has 0 atom stereocenters. The monoisotopic (exact) mass is 476 g/mol. The van der Waals surface area contributed by atoms with Crippen molar-refractivity contribution in [3.8, 4) is 0 Å². The highest BCUT2D eigenvalue weighted by Crippen LogP contribution is 2.29. The molecule has 9 heteroatoms. The van der Waals surface area contributed by atoms with E-state index in [1.807, 2.05) is 54.6 Å². The number of fused-ring (bicyclic) bond motifs is 4. The smallest absolute Gasteiger partial charge is 0.336 e. The summed E-state index contributed by atoms with van der Waals surface area (Å²) in [6.07, 6.45) is 0.685. The topological polar surface area (TPSA) is 91.6 Å². The second kappa shape index (κ2) is 9.08. The summed E-state index contributed by atoms with van der Waals surface area (Å²) in [5, 5.41) is 10.9. The van der Waals surface area contributed by atoms with Gasteiger partial charge in [0, 0.05) is 37.5 Å². The molecule has 0 amide bonds. The average Bonchev–Trinajstić information content (AvgIpc) is 3.25. The molecule has 174 valence electrons. The highest BCUT2D eigenvalue weighted by atomic mass is 32.2. The molecule has 0 aliphatic rings. The molecule has 2 aromatic carbocycles. The molecule has 0 saturated heterocycles. The standard InChI is InChI=1S/C25H24N4O4S/c1-15-11-19-17(13-22(30)33-21(19)12-16(15)2)14-34-25-27-26-24-28(9-6-10-32-3)23(31)18-7-4-5-8-20(18)29(24)25/h4-5,7-8,11-13H,6,9-10,14H2,1-3H3. The van der Waals surface area contributed by atoms with E-state index in [0.717, 1.165) is 27.6 Å². The van der Waals surface area contributed by atoms with Crippen molar-refractivity contribution in [1.82, 2.24) is 19.2 Å². The summed E-state index contributed by atoms with van der Waals surface area (Å²) < 4.78 is 14.2. The molecule has 0 aliphatic heterocycles. The highest BCUT2D eigenvalue weighted by molar-refractivity contribution is 7.98. The maximum Gasteiger partial charge on any atom is 0.336 e. The predicted octanol–water partition coefficient (Wildman–Crippen LogP) is 4.10. The van der Waals surface area contributed by atoms with Crippen LogP contribution in [0.2, 0.25) is 0 Å². The average molecular weight is 477 g/mol. The maximum absolute atomic E-state index is 13.2. The number of hydrogen-bond acceptors (Lipinski definition) is 7. The SMILES string of the molecule is COCCCn1c(=O)c2ccccc2n2c(SCc3cc(=O)oc4cc(C)c(C)cc34)nnc12. The Hall–Kier alpha value is -3.43. The third-order valence-electron chi connectivity index (χ3n) is 6.01. The van der Waals surface area contributed by atoms with E-state index in [-0.39, 0.29) is 11.2 Å². The van der Waals surface area contributed by atoms with Crippen molar-refractivity contribution in [2.75, 3.05) is 13.7 Å². The van der Waals surface area contributed by atoms with Crippen LogP contribution < -0.4 is 11.2 Å². The highest BCUT2D eigenvalue weighted by Gasteiger charge is 2.17. The Kier molecular flexibility index (Phi) is 5.97. The molecule has 0 saturated carbocycles. The number of aryl methyl sites for hydroxylation is 3. The molecule has 0 unspecified atom stereocenters. The summed E-state index contributed by atoms with van der Waals surface area (Å²) in [5.74, 6) is 0.994. The van der Waals surface area contributed by atoms with Crippen molar-refractivity contribution in [3.05, 3.63) is 79.9 Å². The van der Waals surface area contributed by atoms with Gasteiger partial charge < -0.3 is 9.15 Å². The number of aromatic nitrogens is 4. The van der Waals surface area contributed by atoms with Gasteiger partial charge in [-0.15, -0.1) is 10.2 Å². The molecular weight excluding hydrogens is 452 g/mol. The Labute approximate surface area is 199 Å². The molecule has 34 heavy (non-hydrogen) atoms. The van der Waals surface area contributed by atoms with Gasteiger partial charge in [-0.25, -0.2) is 4.79 Å². The first kappa shape index (κ1) is 22.4. The molecule has 3 heterocycles. The van der Waals surface area contributed by atoms with Crippen molar-refractivity contribution in [2.24, 2.45) is 0 Å². The molecule has 0 bridgehead atoms. The van der Waals surface area contributed by atoms with E-state index in [2.05, 4.69) is 10.2 Å². The molecule has 0 aliphatic carbocycles. The first-order chi connectivity index (χ1) is 16.5. The minimum atomic E-state index is -0.380. The lowest BCUT2D eigenvalue weighted by Crippen LogP contribution is -2.24. The van der Waals surface area contributed by atoms with Crippen molar-refractivity contribution in [1.29, 1.82) is 0 Å². The van der Waals surface area contributed by atoms with Gasteiger partial charge >= 0.3 is 5.63 Å². The zero-order valence-corrected chi connectivity index (χ0v) is 20.0. The van der Waals surface area contributed by atoms with Gasteiger partial charge in [0.25, 0.3) is 5.56 Å². The van der Waals surface area contributed by atoms with E-state index in [1.165, 1.54) is 17.8 Å². The lowest BCUT2D eigenvalue weighted by Gasteiger charge is -2.11. The molecular formula is C25H24N4O4S. The molecule has 5 rings (SSSR count). The van der Waals surface area contributed by atoms with Gasteiger partial charge in [-0.2, -0.15) is 0 Å². The number of hydrogen-bond donors (Lipinski definition) is 0. The van der Waals surface area contributed by atoms with Crippen molar-refractivity contribution in [2.45, 2.75) is 37.7 Å². The number of ether oxygens (including phenoxy) is 1. The van der Waals surface area contributed by atoms with Crippen LogP contribution in [0.1, 0.15) is 23.1 Å². The zero-order valence-electron chi connectivity index (χ0n) is 19.2. The Morgan fingerprint density at radius 2 is 1.82 bits per heavy atom. The summed E-state index contributed by atoms with van der Waals surface area (Å²) in [5.41, 5.74) is 3.93. The largest absolute Gasteiger partial charge is 0.423 e. The van der Waals surface area contributed by atoms with Gasteiger partial charge in [0.05, 0.1) is 10.9 Å². The molecule has 0 fully saturated rings. The molecule has 8 nitrogen and oxygen atoms in total. The first-order valence-electron chi connectivity index (χ1n) is 11.0. The summed E-state index contributed by atoms with van der Waals surface area (Å²) >= 11 is 1.47. The van der Waals surface area contributed by atoms with Gasteiger partial charge in [0.15, 0.2) is 5.16 Å². The van der Waals surface area contributed by atoms with E-state index in [9.17, 15) is 9.59 Å². The van der Waals surface area contributed by atoms with Gasteiger partial charge in [0.2, 0.25) is 5.78 Å². The molecule has 0 spiro atoms. The number of methoxy groups -OCH3 is 1. The Balaban J connectivity index is 1.60. The van der Waals surface area contributed by atoms with Crippen molar-refractivity contribution < 1.29 is 9.15 Å². The molecule has 3 aromatic heterocycles. The number of nitrogens with zero attached hydrogens (tertiary/aromatic N) is 4. The Bertz CT molecular complexity index is 1650. The summed E-state index contributed by atoms with van der Waals surface area (Å²) in [6.45, 7) is 5.06. The normalized spacial score (nSPS) is 11.7. The third kappa shape index (κ3) is 3.91. The zero-order chi connectivity index (χ0) is 23.8. The second-order valence-electron chi connectivity index (χ2n) is 8.25. The molecule has 0 N–H and O–H groups in total.